The van der Waals surface area contributed by atoms with Gasteiger partial charge in [-0.15, -0.1) is 0 Å². The zero-order valence-corrected chi connectivity index (χ0v) is 22.4. The molecule has 4 heteroatoms. The van der Waals surface area contributed by atoms with Crippen molar-refractivity contribution in [1.29, 1.82) is 0 Å². The lowest BCUT2D eigenvalue weighted by atomic mass is 9.85. The highest BCUT2D eigenvalue weighted by Crippen LogP contribution is 2.43. The number of nitrogens with zero attached hydrogens (tertiary/aromatic N) is 1. The summed E-state index contributed by atoms with van der Waals surface area (Å²) in [7, 11) is 0. The van der Waals surface area contributed by atoms with Gasteiger partial charge in [-0.25, -0.2) is 0 Å². The molecule has 0 saturated carbocycles. The monoisotopic (exact) mass is 545 g/mol. The van der Waals surface area contributed by atoms with E-state index in [2.05, 4.69) is 76.6 Å². The average Bonchev–Trinajstić information content (AvgIpc) is 2.88. The first kappa shape index (κ1) is 22.4. The standard InChI is InChI=1S/C33H24BrNO2/c1-33(2,3)17-35-31(36)24-6-4-5-23-28-21(15-26(30(23)24)32(35)37)12-11-20-10-9-19-8-7-18-13-14-22(34)16-25(18)27(19)29(20)28/h4-16H,17H2,1-3H3. The van der Waals surface area contributed by atoms with E-state index in [1.165, 1.54) is 21.1 Å². The van der Waals surface area contributed by atoms with E-state index in [4.69, 9.17) is 0 Å². The molecule has 0 bridgehead atoms. The zero-order valence-electron chi connectivity index (χ0n) is 20.9. The molecule has 7 rings (SSSR count). The first-order valence-corrected chi connectivity index (χ1v) is 13.3. The third kappa shape index (κ3) is 3.25. The predicted octanol–water partition coefficient (Wildman–Crippen LogP) is 8.86. The topological polar surface area (TPSA) is 37.4 Å². The Bertz CT molecular complexity index is 1990. The third-order valence-corrected chi connectivity index (χ3v) is 7.96. The van der Waals surface area contributed by atoms with E-state index < -0.39 is 0 Å². The number of amides is 2. The Morgan fingerprint density at radius 1 is 0.622 bits per heavy atom. The van der Waals surface area contributed by atoms with Gasteiger partial charge in [0, 0.05) is 27.5 Å². The first-order valence-electron chi connectivity index (χ1n) is 12.5. The molecule has 0 atom stereocenters. The van der Waals surface area contributed by atoms with Crippen molar-refractivity contribution < 1.29 is 9.59 Å². The molecule has 0 aromatic heterocycles. The van der Waals surface area contributed by atoms with Crippen LogP contribution < -0.4 is 0 Å². The maximum atomic E-state index is 13.7. The number of fused-ring (bicyclic) bond motifs is 8. The van der Waals surface area contributed by atoms with Gasteiger partial charge in [-0.3, -0.25) is 14.5 Å². The number of carbonyl (C=O) groups is 2. The number of hydrogen-bond acceptors (Lipinski definition) is 2. The Morgan fingerprint density at radius 2 is 1.22 bits per heavy atom. The lowest BCUT2D eigenvalue weighted by Crippen LogP contribution is -2.44. The molecule has 37 heavy (non-hydrogen) atoms. The normalized spacial score (nSPS) is 14.1. The second-order valence-corrected chi connectivity index (χ2v) is 12.2. The van der Waals surface area contributed by atoms with Gasteiger partial charge in [-0.05, 0) is 78.2 Å². The lowest BCUT2D eigenvalue weighted by molar-refractivity contribution is 0.0555. The summed E-state index contributed by atoms with van der Waals surface area (Å²) in [5.41, 5.74) is 1.01. The van der Waals surface area contributed by atoms with Gasteiger partial charge >= 0.3 is 0 Å². The van der Waals surface area contributed by atoms with E-state index in [0.29, 0.717) is 17.7 Å². The van der Waals surface area contributed by atoms with Crippen LogP contribution in [0.4, 0.5) is 0 Å². The average molecular weight is 546 g/mol. The second kappa shape index (κ2) is 7.62. The van der Waals surface area contributed by atoms with E-state index in [1.54, 1.807) is 0 Å². The Balaban J connectivity index is 1.67. The van der Waals surface area contributed by atoms with E-state index in [0.717, 1.165) is 42.2 Å². The molecule has 0 spiro atoms. The van der Waals surface area contributed by atoms with E-state index in [-0.39, 0.29) is 17.2 Å². The van der Waals surface area contributed by atoms with Crippen LogP contribution >= 0.6 is 15.9 Å². The summed E-state index contributed by atoms with van der Waals surface area (Å²) in [5.74, 6) is -0.422. The Hall–Kier alpha value is -3.76. The fraction of sp³-hybridized carbons (Fsp3) is 0.152. The molecule has 0 saturated heterocycles. The van der Waals surface area contributed by atoms with Crippen molar-refractivity contribution in [2.75, 3.05) is 6.54 Å². The fourth-order valence-electron chi connectivity index (χ4n) is 5.99. The number of imide groups is 1. The minimum atomic E-state index is -0.211. The molecular weight excluding hydrogens is 522 g/mol. The largest absolute Gasteiger partial charge is 0.274 e. The minimum Gasteiger partial charge on any atom is -0.274 e. The molecule has 0 radical (unpaired) electrons. The van der Waals surface area contributed by atoms with Crippen molar-refractivity contribution in [2.24, 2.45) is 5.41 Å². The quantitative estimate of drug-likeness (QED) is 0.153. The maximum absolute atomic E-state index is 13.7. The molecule has 2 amide bonds. The molecule has 6 aromatic carbocycles. The molecule has 1 heterocycles. The van der Waals surface area contributed by atoms with Crippen LogP contribution in [-0.4, -0.2) is 23.3 Å². The van der Waals surface area contributed by atoms with Crippen molar-refractivity contribution in [2.45, 2.75) is 20.8 Å². The molecule has 0 fully saturated rings. The predicted molar refractivity (Wildman–Crippen MR) is 156 cm³/mol. The molecule has 180 valence electrons. The van der Waals surface area contributed by atoms with Gasteiger partial charge in [0.2, 0.25) is 0 Å². The molecular formula is C33H24BrNO2. The Morgan fingerprint density at radius 3 is 1.95 bits per heavy atom. The number of benzene rings is 6. The summed E-state index contributed by atoms with van der Waals surface area (Å²) >= 11 is 3.67. The van der Waals surface area contributed by atoms with E-state index >= 15 is 0 Å². The number of carbonyl (C=O) groups excluding carboxylic acids is 2. The SMILES string of the molecule is CC(C)(C)CN1C(=O)c2cccc3c2c(cc2ccc4ccc5ccc6ccc(Br)cc6c5c4c23)C1=O. The highest BCUT2D eigenvalue weighted by molar-refractivity contribution is 9.10. The Labute approximate surface area is 222 Å². The van der Waals surface area contributed by atoms with Crippen LogP contribution in [0.15, 0.2) is 83.3 Å². The summed E-state index contributed by atoms with van der Waals surface area (Å²) in [4.78, 5) is 28.8. The van der Waals surface area contributed by atoms with Crippen LogP contribution in [0, 0.1) is 5.41 Å². The van der Waals surface area contributed by atoms with Gasteiger partial charge in [0.1, 0.15) is 0 Å². The van der Waals surface area contributed by atoms with Crippen LogP contribution in [-0.2, 0) is 0 Å². The van der Waals surface area contributed by atoms with Gasteiger partial charge in [0.05, 0.1) is 0 Å². The fourth-order valence-corrected chi connectivity index (χ4v) is 6.35. The summed E-state index contributed by atoms with van der Waals surface area (Å²) in [6, 6.07) is 27.2. The van der Waals surface area contributed by atoms with Crippen molar-refractivity contribution in [3.05, 3.63) is 94.5 Å². The summed E-state index contributed by atoms with van der Waals surface area (Å²) in [5, 5.41) is 10.8. The molecule has 3 nitrogen and oxygen atoms in total. The van der Waals surface area contributed by atoms with Crippen molar-refractivity contribution in [3.63, 3.8) is 0 Å². The van der Waals surface area contributed by atoms with Gasteiger partial charge in [0.15, 0.2) is 0 Å². The third-order valence-electron chi connectivity index (χ3n) is 7.46. The van der Waals surface area contributed by atoms with Crippen LogP contribution in [0.2, 0.25) is 0 Å². The van der Waals surface area contributed by atoms with Crippen LogP contribution in [0.3, 0.4) is 0 Å². The zero-order chi connectivity index (χ0) is 25.6. The molecule has 1 aliphatic rings. The number of halogens is 1. The van der Waals surface area contributed by atoms with Gasteiger partial charge in [-0.1, -0.05) is 91.3 Å². The molecule has 6 aromatic rings. The van der Waals surface area contributed by atoms with Crippen molar-refractivity contribution in [3.8, 4) is 0 Å². The van der Waals surface area contributed by atoms with Crippen LogP contribution in [0.25, 0.3) is 53.9 Å². The van der Waals surface area contributed by atoms with Gasteiger partial charge in [0.25, 0.3) is 11.8 Å². The minimum absolute atomic E-state index is 0.196. The van der Waals surface area contributed by atoms with Crippen molar-refractivity contribution in [1.82, 2.24) is 4.90 Å². The van der Waals surface area contributed by atoms with Gasteiger partial charge in [-0.2, -0.15) is 0 Å². The van der Waals surface area contributed by atoms with E-state index in [9.17, 15) is 9.59 Å². The molecule has 1 aliphatic heterocycles. The number of hydrogen-bond donors (Lipinski definition) is 0. The summed E-state index contributed by atoms with van der Waals surface area (Å²) in [6.07, 6.45) is 0. The summed E-state index contributed by atoms with van der Waals surface area (Å²) in [6.45, 7) is 6.51. The van der Waals surface area contributed by atoms with Gasteiger partial charge < -0.3 is 0 Å². The lowest BCUT2D eigenvalue weighted by Gasteiger charge is -2.32. The summed E-state index contributed by atoms with van der Waals surface area (Å²) < 4.78 is 1.03. The smallest absolute Gasteiger partial charge is 0.261 e. The Kier molecular flexibility index (Phi) is 4.62. The molecule has 0 unspecified atom stereocenters. The highest BCUT2D eigenvalue weighted by atomic mass is 79.9. The van der Waals surface area contributed by atoms with Crippen LogP contribution in [0.1, 0.15) is 41.5 Å². The number of rotatable bonds is 1. The first-order chi connectivity index (χ1) is 17.7. The molecule has 0 aliphatic carbocycles. The van der Waals surface area contributed by atoms with Crippen LogP contribution in [0.5, 0.6) is 0 Å². The maximum Gasteiger partial charge on any atom is 0.261 e. The van der Waals surface area contributed by atoms with Crippen molar-refractivity contribution >= 4 is 81.6 Å². The van der Waals surface area contributed by atoms with E-state index in [1.807, 2.05) is 39.0 Å². The molecule has 0 N–H and O–H groups in total. The second-order valence-electron chi connectivity index (χ2n) is 11.3. The highest BCUT2D eigenvalue weighted by Gasteiger charge is 2.35.